The summed E-state index contributed by atoms with van der Waals surface area (Å²) >= 11 is 0. The third-order valence-electron chi connectivity index (χ3n) is 1.14. The van der Waals surface area contributed by atoms with Gasteiger partial charge in [-0.15, -0.1) is 0 Å². The molecule has 0 amide bonds. The van der Waals surface area contributed by atoms with Crippen molar-refractivity contribution in [3.63, 3.8) is 0 Å². The average Bonchev–Trinajstić information content (AvgIpc) is 2.00. The summed E-state index contributed by atoms with van der Waals surface area (Å²) < 4.78 is 9.24. The summed E-state index contributed by atoms with van der Waals surface area (Å²) in [5, 5.41) is 0. The molecule has 0 heterocycles. The van der Waals surface area contributed by atoms with Gasteiger partial charge in [-0.05, 0) is 0 Å². The summed E-state index contributed by atoms with van der Waals surface area (Å²) in [6, 6.07) is 0. The van der Waals surface area contributed by atoms with Gasteiger partial charge in [-0.2, -0.15) is 0 Å². The van der Waals surface area contributed by atoms with Gasteiger partial charge in [-0.3, -0.25) is 0 Å². The smallest absolute Gasteiger partial charge is 0.151 e. The Hall–Kier alpha value is -0.740. The van der Waals surface area contributed by atoms with Crippen LogP contribution in [0.15, 0.2) is 0 Å². The zero-order chi connectivity index (χ0) is 7.98. The van der Waals surface area contributed by atoms with Crippen LogP contribution in [-0.4, -0.2) is 39.0 Å². The minimum Gasteiger partial charge on any atom is -0.371 e. The normalized spacial score (nSPS) is 15.8. The van der Waals surface area contributed by atoms with Crippen LogP contribution in [0.3, 0.4) is 0 Å². The highest BCUT2D eigenvalue weighted by atomic mass is 16.5. The lowest BCUT2D eigenvalue weighted by Gasteiger charge is -2.13. The fraction of sp³-hybridized carbons (Fsp3) is 0.667. The van der Waals surface area contributed by atoms with Gasteiger partial charge in [0.25, 0.3) is 0 Å². The summed E-state index contributed by atoms with van der Waals surface area (Å²) in [5.41, 5.74) is 0. The highest BCUT2D eigenvalue weighted by Gasteiger charge is 2.18. The Morgan fingerprint density at radius 2 is 1.30 bits per heavy atom. The first kappa shape index (κ1) is 9.26. The Kier molecular flexibility index (Phi) is 4.70. The fourth-order valence-corrected chi connectivity index (χ4v) is 0.534. The predicted octanol–water partition coefficient (Wildman–Crippen LogP) is -0.586. The molecule has 0 aromatic heterocycles. The second kappa shape index (κ2) is 5.08. The maximum atomic E-state index is 10.1. The fourth-order valence-electron chi connectivity index (χ4n) is 0.534. The molecule has 0 fully saturated rings. The van der Waals surface area contributed by atoms with E-state index in [2.05, 4.69) is 9.47 Å². The van der Waals surface area contributed by atoms with Crippen molar-refractivity contribution in [1.29, 1.82) is 0 Å². The van der Waals surface area contributed by atoms with Crippen LogP contribution in [0.1, 0.15) is 0 Å². The molecule has 4 nitrogen and oxygen atoms in total. The zero-order valence-corrected chi connectivity index (χ0v) is 5.94. The summed E-state index contributed by atoms with van der Waals surface area (Å²) in [7, 11) is 2.68. The molecule has 0 radical (unpaired) electrons. The Labute approximate surface area is 59.1 Å². The minimum atomic E-state index is -0.789. The number of hydrogen-bond acceptors (Lipinski definition) is 4. The average molecular weight is 146 g/mol. The number of methoxy groups -OCH3 is 2. The molecule has 2 atom stereocenters. The van der Waals surface area contributed by atoms with E-state index in [1.165, 1.54) is 14.2 Å². The Bertz CT molecular complexity index is 98.3. The van der Waals surface area contributed by atoms with E-state index >= 15 is 0 Å². The van der Waals surface area contributed by atoms with Crippen LogP contribution in [0, 0.1) is 0 Å². The molecule has 58 valence electrons. The lowest BCUT2D eigenvalue weighted by molar-refractivity contribution is -0.134. The van der Waals surface area contributed by atoms with E-state index in [1.54, 1.807) is 0 Å². The summed E-state index contributed by atoms with van der Waals surface area (Å²) in [6.07, 6.45) is -0.518. The predicted molar refractivity (Wildman–Crippen MR) is 33.7 cm³/mol. The molecule has 2 unspecified atom stereocenters. The molecule has 0 saturated carbocycles. The van der Waals surface area contributed by atoms with Gasteiger partial charge in [0.2, 0.25) is 0 Å². The molecule has 0 spiro atoms. The Balaban J connectivity index is 3.93. The first-order valence-electron chi connectivity index (χ1n) is 2.76. The van der Waals surface area contributed by atoms with Gasteiger partial charge in [-0.1, -0.05) is 0 Å². The summed E-state index contributed by atoms with van der Waals surface area (Å²) in [4.78, 5) is 20.3. The van der Waals surface area contributed by atoms with E-state index in [4.69, 9.17) is 0 Å². The van der Waals surface area contributed by atoms with E-state index in [0.29, 0.717) is 12.6 Å². The van der Waals surface area contributed by atoms with Gasteiger partial charge in [0, 0.05) is 14.2 Å². The maximum absolute atomic E-state index is 10.1. The first-order valence-corrected chi connectivity index (χ1v) is 2.76. The standard InChI is InChI=1S/C6H10O4/c1-9-5(3-7)6(4-8)10-2/h3-6H,1-2H3. The summed E-state index contributed by atoms with van der Waals surface area (Å²) in [6.45, 7) is 0. The van der Waals surface area contributed by atoms with E-state index in [9.17, 15) is 9.59 Å². The second-order valence-corrected chi connectivity index (χ2v) is 1.67. The molecular weight excluding hydrogens is 136 g/mol. The van der Waals surface area contributed by atoms with Crippen LogP contribution >= 0.6 is 0 Å². The summed E-state index contributed by atoms with van der Waals surface area (Å²) in [5.74, 6) is 0. The molecule has 0 aliphatic heterocycles. The highest BCUT2D eigenvalue weighted by Crippen LogP contribution is 1.95. The van der Waals surface area contributed by atoms with Gasteiger partial charge in [0.1, 0.15) is 12.2 Å². The van der Waals surface area contributed by atoms with Crippen LogP contribution in [0.4, 0.5) is 0 Å². The molecule has 0 aromatic carbocycles. The number of aldehydes is 2. The Morgan fingerprint density at radius 3 is 1.40 bits per heavy atom. The molecule has 0 aliphatic rings. The SMILES string of the molecule is COC(C=O)C(C=O)OC. The number of rotatable bonds is 5. The molecule has 0 rings (SSSR count). The van der Waals surface area contributed by atoms with Gasteiger partial charge in [0.15, 0.2) is 12.6 Å². The molecule has 0 saturated heterocycles. The Morgan fingerprint density at radius 1 is 1.00 bits per heavy atom. The molecule has 4 heteroatoms. The van der Waals surface area contributed by atoms with E-state index < -0.39 is 12.2 Å². The first-order chi connectivity index (χ1) is 4.79. The molecule has 0 bridgehead atoms. The van der Waals surface area contributed by atoms with Crippen LogP contribution < -0.4 is 0 Å². The van der Waals surface area contributed by atoms with Crippen molar-refractivity contribution in [2.45, 2.75) is 12.2 Å². The van der Waals surface area contributed by atoms with Crippen LogP contribution in [0.2, 0.25) is 0 Å². The van der Waals surface area contributed by atoms with Gasteiger partial charge < -0.3 is 19.1 Å². The number of hydrogen-bond donors (Lipinski definition) is 0. The molecule has 0 aliphatic carbocycles. The van der Waals surface area contributed by atoms with Crippen molar-refractivity contribution in [2.75, 3.05) is 14.2 Å². The van der Waals surface area contributed by atoms with E-state index in [0.717, 1.165) is 0 Å². The van der Waals surface area contributed by atoms with Crippen molar-refractivity contribution in [3.05, 3.63) is 0 Å². The lowest BCUT2D eigenvalue weighted by Crippen LogP contribution is -2.32. The van der Waals surface area contributed by atoms with E-state index in [-0.39, 0.29) is 0 Å². The number of carbonyl (C=O) groups excluding carboxylic acids is 2. The molecule has 0 aromatic rings. The third kappa shape index (κ3) is 2.24. The molecule has 0 N–H and O–H groups in total. The minimum absolute atomic E-state index is 0.530. The largest absolute Gasteiger partial charge is 0.371 e. The third-order valence-corrected chi connectivity index (χ3v) is 1.14. The van der Waals surface area contributed by atoms with Crippen molar-refractivity contribution in [2.24, 2.45) is 0 Å². The van der Waals surface area contributed by atoms with Crippen molar-refractivity contribution < 1.29 is 19.1 Å². The highest BCUT2D eigenvalue weighted by molar-refractivity contribution is 5.68. The molecular formula is C6H10O4. The van der Waals surface area contributed by atoms with Crippen molar-refractivity contribution in [3.8, 4) is 0 Å². The van der Waals surface area contributed by atoms with Crippen LogP contribution in [-0.2, 0) is 19.1 Å². The van der Waals surface area contributed by atoms with E-state index in [1.807, 2.05) is 0 Å². The maximum Gasteiger partial charge on any atom is 0.151 e. The lowest BCUT2D eigenvalue weighted by atomic mass is 10.2. The zero-order valence-electron chi connectivity index (χ0n) is 5.94. The topological polar surface area (TPSA) is 52.6 Å². The second-order valence-electron chi connectivity index (χ2n) is 1.67. The van der Waals surface area contributed by atoms with Gasteiger partial charge in [0.05, 0.1) is 0 Å². The van der Waals surface area contributed by atoms with Crippen molar-refractivity contribution in [1.82, 2.24) is 0 Å². The van der Waals surface area contributed by atoms with Gasteiger partial charge >= 0.3 is 0 Å². The van der Waals surface area contributed by atoms with Crippen LogP contribution in [0.5, 0.6) is 0 Å². The quantitative estimate of drug-likeness (QED) is 0.487. The number of carbonyl (C=O) groups is 2. The van der Waals surface area contributed by atoms with Crippen molar-refractivity contribution >= 4 is 12.6 Å². The van der Waals surface area contributed by atoms with Crippen LogP contribution in [0.25, 0.3) is 0 Å². The molecule has 10 heavy (non-hydrogen) atoms. The monoisotopic (exact) mass is 146 g/mol. The number of ether oxygens (including phenoxy) is 2. The van der Waals surface area contributed by atoms with Gasteiger partial charge in [-0.25, -0.2) is 0 Å².